The van der Waals surface area contributed by atoms with Gasteiger partial charge in [-0.25, -0.2) is 9.37 Å². The van der Waals surface area contributed by atoms with Crippen LogP contribution in [0.3, 0.4) is 0 Å². The summed E-state index contributed by atoms with van der Waals surface area (Å²) >= 11 is 3.36. The molecule has 0 radical (unpaired) electrons. The van der Waals surface area contributed by atoms with E-state index in [1.165, 1.54) is 41.2 Å². The van der Waals surface area contributed by atoms with Crippen molar-refractivity contribution in [1.82, 2.24) is 9.66 Å². The highest BCUT2D eigenvalue weighted by atomic mass is 79.9. The molecule has 212 valence electrons. The van der Waals surface area contributed by atoms with Gasteiger partial charge in [-0.15, -0.1) is 0 Å². The summed E-state index contributed by atoms with van der Waals surface area (Å²) in [7, 11) is 0. The second kappa shape index (κ2) is 13.1. The maximum absolute atomic E-state index is 13.9. The van der Waals surface area contributed by atoms with Crippen LogP contribution < -0.4 is 20.3 Å². The van der Waals surface area contributed by atoms with E-state index in [2.05, 4.69) is 31.3 Å². The molecule has 0 unspecified atom stereocenters. The zero-order valence-corrected chi connectivity index (χ0v) is 23.7. The number of hydrogen-bond donors (Lipinski definition) is 1. The number of aromatic nitrogens is 2. The molecule has 11 nitrogen and oxygen atoms in total. The Labute approximate surface area is 241 Å². The molecule has 0 saturated carbocycles. The van der Waals surface area contributed by atoms with Crippen molar-refractivity contribution >= 4 is 50.3 Å². The molecule has 1 aromatic heterocycles. The maximum Gasteiger partial charge on any atom is 0.315 e. The number of amides is 1. The van der Waals surface area contributed by atoms with Crippen LogP contribution in [-0.2, 0) is 11.2 Å². The molecule has 0 saturated heterocycles. The zero-order chi connectivity index (χ0) is 29.5. The Morgan fingerprint density at radius 2 is 1.98 bits per heavy atom. The summed E-state index contributed by atoms with van der Waals surface area (Å²) in [5, 5.41) is 19.0. The van der Waals surface area contributed by atoms with Gasteiger partial charge >= 0.3 is 5.69 Å². The minimum Gasteiger partial charge on any atom is -0.490 e. The highest BCUT2D eigenvalue weighted by molar-refractivity contribution is 9.10. The summed E-state index contributed by atoms with van der Waals surface area (Å²) in [5.74, 6) is -1.22. The van der Waals surface area contributed by atoms with E-state index >= 15 is 0 Å². The average Bonchev–Trinajstić information content (AvgIpc) is 2.94. The van der Waals surface area contributed by atoms with Crippen LogP contribution in [-0.4, -0.2) is 39.9 Å². The van der Waals surface area contributed by atoms with Gasteiger partial charge in [0, 0.05) is 22.5 Å². The van der Waals surface area contributed by atoms with E-state index in [4.69, 9.17) is 9.47 Å². The molecule has 1 amide bonds. The number of rotatable bonds is 11. The Morgan fingerprint density at radius 3 is 2.68 bits per heavy atom. The topological polar surface area (TPSA) is 138 Å². The first-order chi connectivity index (χ1) is 19.7. The van der Waals surface area contributed by atoms with E-state index < -0.39 is 34.5 Å². The fraction of sp³-hybridized carbons (Fsp3) is 0.214. The smallest absolute Gasteiger partial charge is 0.315 e. The highest BCUT2D eigenvalue weighted by Gasteiger charge is 2.24. The van der Waals surface area contributed by atoms with Crippen molar-refractivity contribution in [3.05, 3.63) is 96.7 Å². The Balaban J connectivity index is 1.68. The number of para-hydroxylation sites is 1. The molecule has 1 N–H and O–H groups in total. The standard InChI is InChI=1S/C28H25BrFN5O6/c1-3-7-25-32-21-11-10-18(29)14-19(21)28(37)34(25)31-15-17-12-23(35(38)39)27(24(13-17)40-4-2)41-16-26(36)33-22-9-6-5-8-20(22)30/h5-6,8-15H,3-4,7,16H2,1-2H3,(H,33,36). The summed E-state index contributed by atoms with van der Waals surface area (Å²) in [4.78, 5) is 41.5. The van der Waals surface area contributed by atoms with Crippen molar-refractivity contribution in [2.24, 2.45) is 5.10 Å². The van der Waals surface area contributed by atoms with Crippen LogP contribution in [0, 0.1) is 15.9 Å². The first kappa shape index (κ1) is 29.3. The van der Waals surface area contributed by atoms with E-state index in [1.54, 1.807) is 31.2 Å². The van der Waals surface area contributed by atoms with Crippen molar-refractivity contribution in [3.8, 4) is 11.5 Å². The number of benzene rings is 3. The molecule has 4 rings (SSSR count). The Bertz CT molecular complexity index is 1710. The lowest BCUT2D eigenvalue weighted by atomic mass is 10.2. The van der Waals surface area contributed by atoms with Crippen molar-refractivity contribution in [2.75, 3.05) is 18.5 Å². The summed E-state index contributed by atoms with van der Waals surface area (Å²) < 4.78 is 26.8. The van der Waals surface area contributed by atoms with E-state index in [0.717, 1.165) is 0 Å². The number of aryl methyl sites for hydroxylation is 1. The number of carbonyl (C=O) groups excluding carboxylic acids is 1. The number of nitro benzene ring substituents is 1. The third-order valence-electron chi connectivity index (χ3n) is 5.72. The van der Waals surface area contributed by atoms with Gasteiger partial charge in [0.15, 0.2) is 12.4 Å². The molecule has 1 heterocycles. The van der Waals surface area contributed by atoms with Crippen molar-refractivity contribution in [2.45, 2.75) is 26.7 Å². The predicted molar refractivity (Wildman–Crippen MR) is 155 cm³/mol. The average molecular weight is 626 g/mol. The zero-order valence-electron chi connectivity index (χ0n) is 22.1. The molecule has 3 aromatic carbocycles. The highest BCUT2D eigenvalue weighted by Crippen LogP contribution is 2.38. The van der Waals surface area contributed by atoms with Crippen molar-refractivity contribution < 1.29 is 23.6 Å². The van der Waals surface area contributed by atoms with Crippen LogP contribution in [0.2, 0.25) is 0 Å². The van der Waals surface area contributed by atoms with Crippen molar-refractivity contribution in [3.63, 3.8) is 0 Å². The fourth-order valence-corrected chi connectivity index (χ4v) is 4.30. The number of fused-ring (bicyclic) bond motifs is 1. The van der Waals surface area contributed by atoms with E-state index in [9.17, 15) is 24.1 Å². The van der Waals surface area contributed by atoms with Gasteiger partial charge in [-0.2, -0.15) is 9.78 Å². The fourth-order valence-electron chi connectivity index (χ4n) is 3.94. The second-order valence-electron chi connectivity index (χ2n) is 8.68. The molecule has 41 heavy (non-hydrogen) atoms. The van der Waals surface area contributed by atoms with Gasteiger partial charge < -0.3 is 14.8 Å². The van der Waals surface area contributed by atoms with Gasteiger partial charge in [0.2, 0.25) is 5.75 Å². The first-order valence-corrected chi connectivity index (χ1v) is 13.4. The minimum absolute atomic E-state index is 0.0106. The van der Waals surface area contributed by atoms with Gasteiger partial charge in [-0.1, -0.05) is 35.0 Å². The van der Waals surface area contributed by atoms with Gasteiger partial charge in [-0.3, -0.25) is 19.7 Å². The van der Waals surface area contributed by atoms with Crippen LogP contribution in [0.5, 0.6) is 11.5 Å². The molecule has 4 aromatic rings. The quantitative estimate of drug-likeness (QED) is 0.133. The number of nitrogens with zero attached hydrogens (tertiary/aromatic N) is 4. The molecule has 0 fully saturated rings. The summed E-state index contributed by atoms with van der Waals surface area (Å²) in [5.41, 5.74) is -0.163. The predicted octanol–water partition coefficient (Wildman–Crippen LogP) is 5.46. The SMILES string of the molecule is CCCc1nc2ccc(Br)cc2c(=O)n1N=Cc1cc(OCC)c(OCC(=O)Nc2ccccc2F)c([N+](=O)[O-])c1. The molecule has 0 aliphatic rings. The lowest BCUT2D eigenvalue weighted by molar-refractivity contribution is -0.385. The van der Waals surface area contributed by atoms with Crippen LogP contribution in [0.1, 0.15) is 31.7 Å². The number of hydrogen-bond acceptors (Lipinski definition) is 8. The van der Waals surface area contributed by atoms with Gasteiger partial charge in [0.25, 0.3) is 11.5 Å². The first-order valence-electron chi connectivity index (χ1n) is 12.6. The molecule has 0 aliphatic heterocycles. The molecular formula is C28H25BrFN5O6. The van der Waals surface area contributed by atoms with Gasteiger partial charge in [0.05, 0.1) is 34.3 Å². The van der Waals surface area contributed by atoms with Crippen LogP contribution >= 0.6 is 15.9 Å². The number of carbonyl (C=O) groups is 1. The van der Waals surface area contributed by atoms with Crippen LogP contribution in [0.25, 0.3) is 10.9 Å². The molecule has 0 atom stereocenters. The lowest BCUT2D eigenvalue weighted by Crippen LogP contribution is -2.22. The monoisotopic (exact) mass is 625 g/mol. The Morgan fingerprint density at radius 1 is 1.20 bits per heavy atom. The maximum atomic E-state index is 13.9. The number of nitro groups is 1. The number of nitrogens with one attached hydrogen (secondary N) is 1. The van der Waals surface area contributed by atoms with Crippen LogP contribution in [0.15, 0.2) is 69.0 Å². The van der Waals surface area contributed by atoms with Gasteiger partial charge in [0.1, 0.15) is 11.6 Å². The number of anilines is 1. The summed E-state index contributed by atoms with van der Waals surface area (Å²) in [6, 6.07) is 13.4. The Hall–Kier alpha value is -4.65. The molecule has 0 bridgehead atoms. The van der Waals surface area contributed by atoms with E-state index in [0.29, 0.717) is 34.0 Å². The molecule has 13 heteroatoms. The minimum atomic E-state index is -0.726. The number of ether oxygens (including phenoxy) is 2. The second-order valence-corrected chi connectivity index (χ2v) is 9.59. The van der Waals surface area contributed by atoms with E-state index in [1.807, 2.05) is 6.92 Å². The summed E-state index contributed by atoms with van der Waals surface area (Å²) in [6.07, 6.45) is 2.47. The lowest BCUT2D eigenvalue weighted by Gasteiger charge is -2.13. The molecule has 0 aliphatic carbocycles. The van der Waals surface area contributed by atoms with Crippen molar-refractivity contribution in [1.29, 1.82) is 0 Å². The normalized spacial score (nSPS) is 11.1. The van der Waals surface area contributed by atoms with E-state index in [-0.39, 0.29) is 29.4 Å². The third kappa shape index (κ3) is 6.92. The number of halogens is 2. The largest absolute Gasteiger partial charge is 0.490 e. The molecule has 0 spiro atoms. The third-order valence-corrected chi connectivity index (χ3v) is 6.21. The summed E-state index contributed by atoms with van der Waals surface area (Å²) in [6.45, 7) is 3.12. The van der Waals surface area contributed by atoms with Gasteiger partial charge in [-0.05, 0) is 49.7 Å². The molecular weight excluding hydrogens is 601 g/mol. The Kier molecular flexibility index (Phi) is 9.40. The van der Waals surface area contributed by atoms with Crippen LogP contribution in [0.4, 0.5) is 15.8 Å².